The Labute approximate surface area is 227 Å². The molecule has 0 radical (unpaired) electrons. The van der Waals surface area contributed by atoms with Gasteiger partial charge in [-0.2, -0.15) is 13.2 Å². The highest BCUT2D eigenvalue weighted by Crippen LogP contribution is 2.36. The minimum Gasteiger partial charge on any atom is -0.354 e. The molecule has 0 saturated heterocycles. The van der Waals surface area contributed by atoms with E-state index in [-0.39, 0.29) is 18.0 Å². The molecule has 0 saturated carbocycles. The number of nitrogens with one attached hydrogen (secondary N) is 1. The molecule has 1 N–H and O–H groups in total. The summed E-state index contributed by atoms with van der Waals surface area (Å²) in [5.41, 5.74) is 0.0367. The number of halogens is 4. The number of hydrogen-bond donors (Lipinski definition) is 1. The molecule has 0 unspecified atom stereocenters. The lowest BCUT2D eigenvalue weighted by atomic mass is 10.1. The minimum absolute atomic E-state index is 0.00581. The first kappa shape index (κ1) is 31.4. The van der Waals surface area contributed by atoms with Crippen molar-refractivity contribution in [2.24, 2.45) is 0 Å². The molecule has 0 aliphatic carbocycles. The van der Waals surface area contributed by atoms with Crippen LogP contribution in [0.15, 0.2) is 42.5 Å². The normalized spacial score (nSPS) is 12.6. The smallest absolute Gasteiger partial charge is 0.354 e. The van der Waals surface area contributed by atoms with Gasteiger partial charge in [-0.05, 0) is 43.5 Å². The van der Waals surface area contributed by atoms with Gasteiger partial charge >= 0.3 is 6.18 Å². The van der Waals surface area contributed by atoms with Crippen LogP contribution in [0.1, 0.15) is 49.8 Å². The second-order valence-electron chi connectivity index (χ2n) is 9.01. The molecule has 38 heavy (non-hydrogen) atoms. The van der Waals surface area contributed by atoms with Crippen LogP contribution in [-0.4, -0.2) is 50.5 Å². The highest BCUT2D eigenvalue weighted by atomic mass is 35.5. The SMILES string of the molecule is CCCCNC(=O)[C@H](CC)N(Cc1cccc(C)c1)C(=O)CN(c1cc(C(F)(F)F)ccc1Cl)S(C)(=O)=O. The average molecular weight is 576 g/mol. The number of hydrogen-bond acceptors (Lipinski definition) is 4. The number of carbonyl (C=O) groups excluding carboxylic acids is 2. The maximum atomic E-state index is 13.7. The van der Waals surface area contributed by atoms with Crippen LogP contribution in [0.2, 0.25) is 5.02 Å². The largest absolute Gasteiger partial charge is 0.416 e. The second-order valence-corrected chi connectivity index (χ2v) is 11.3. The van der Waals surface area contributed by atoms with Crippen molar-refractivity contribution in [3.63, 3.8) is 0 Å². The van der Waals surface area contributed by atoms with Crippen molar-refractivity contribution < 1.29 is 31.2 Å². The molecule has 2 aromatic rings. The summed E-state index contributed by atoms with van der Waals surface area (Å²) in [6, 6.07) is 8.59. The second kappa shape index (κ2) is 13.3. The minimum atomic E-state index is -4.76. The third kappa shape index (κ3) is 8.62. The Balaban J connectivity index is 2.51. The van der Waals surface area contributed by atoms with E-state index in [1.54, 1.807) is 19.1 Å². The Morgan fingerprint density at radius 3 is 2.34 bits per heavy atom. The van der Waals surface area contributed by atoms with E-state index in [4.69, 9.17) is 11.6 Å². The molecule has 7 nitrogen and oxygen atoms in total. The van der Waals surface area contributed by atoms with Gasteiger partial charge in [0.25, 0.3) is 0 Å². The highest BCUT2D eigenvalue weighted by molar-refractivity contribution is 7.92. The van der Waals surface area contributed by atoms with Crippen molar-refractivity contribution in [3.05, 3.63) is 64.2 Å². The predicted octanol–water partition coefficient (Wildman–Crippen LogP) is 5.16. The first-order valence-electron chi connectivity index (χ1n) is 12.2. The maximum absolute atomic E-state index is 13.7. The molecule has 210 valence electrons. The van der Waals surface area contributed by atoms with Crippen LogP contribution >= 0.6 is 11.6 Å². The zero-order valence-electron chi connectivity index (χ0n) is 21.8. The van der Waals surface area contributed by atoms with Crippen LogP contribution in [0.3, 0.4) is 0 Å². The van der Waals surface area contributed by atoms with Crippen LogP contribution in [0, 0.1) is 6.92 Å². The van der Waals surface area contributed by atoms with Gasteiger partial charge in [0.2, 0.25) is 21.8 Å². The molecule has 2 amide bonds. The van der Waals surface area contributed by atoms with Gasteiger partial charge in [-0.15, -0.1) is 0 Å². The molecular formula is C26H33ClF3N3O4S. The van der Waals surface area contributed by atoms with Crippen LogP contribution in [0.5, 0.6) is 0 Å². The average Bonchev–Trinajstić information content (AvgIpc) is 2.81. The molecular weight excluding hydrogens is 543 g/mol. The molecule has 0 bridgehead atoms. The van der Waals surface area contributed by atoms with Gasteiger partial charge in [0.15, 0.2) is 0 Å². The van der Waals surface area contributed by atoms with Crippen molar-refractivity contribution in [1.82, 2.24) is 10.2 Å². The summed E-state index contributed by atoms with van der Waals surface area (Å²) < 4.78 is 66.0. The van der Waals surface area contributed by atoms with Crippen LogP contribution in [0.25, 0.3) is 0 Å². The Bertz CT molecular complexity index is 1240. The van der Waals surface area contributed by atoms with Gasteiger partial charge in [0.1, 0.15) is 12.6 Å². The molecule has 1 atom stereocenters. The number of nitrogens with zero attached hydrogens (tertiary/aromatic N) is 2. The number of sulfonamides is 1. The number of anilines is 1. The lowest BCUT2D eigenvalue weighted by Gasteiger charge is -2.33. The fourth-order valence-corrected chi connectivity index (χ4v) is 5.03. The monoisotopic (exact) mass is 575 g/mol. The van der Waals surface area contributed by atoms with E-state index in [2.05, 4.69) is 5.32 Å². The first-order chi connectivity index (χ1) is 17.7. The Morgan fingerprint density at radius 2 is 1.79 bits per heavy atom. The zero-order valence-corrected chi connectivity index (χ0v) is 23.4. The molecule has 0 fully saturated rings. The van der Waals surface area contributed by atoms with Crippen LogP contribution in [-0.2, 0) is 32.3 Å². The molecule has 2 aromatic carbocycles. The first-order valence-corrected chi connectivity index (χ1v) is 14.4. The van der Waals surface area contributed by atoms with Gasteiger partial charge in [-0.3, -0.25) is 13.9 Å². The fourth-order valence-electron chi connectivity index (χ4n) is 3.91. The number of benzene rings is 2. The number of rotatable bonds is 12. The third-order valence-electron chi connectivity index (χ3n) is 5.87. The summed E-state index contributed by atoms with van der Waals surface area (Å²) in [6.45, 7) is 5.12. The number of unbranched alkanes of at least 4 members (excludes halogenated alkanes) is 1. The van der Waals surface area contributed by atoms with Gasteiger partial charge < -0.3 is 10.2 Å². The fraction of sp³-hybridized carbons (Fsp3) is 0.462. The van der Waals surface area contributed by atoms with Gasteiger partial charge in [-0.25, -0.2) is 8.42 Å². The van der Waals surface area contributed by atoms with Gasteiger partial charge in [-0.1, -0.05) is 61.7 Å². The highest BCUT2D eigenvalue weighted by Gasteiger charge is 2.35. The molecule has 0 aliphatic heterocycles. The molecule has 2 rings (SSSR count). The molecule has 0 aromatic heterocycles. The summed E-state index contributed by atoms with van der Waals surface area (Å²) in [5, 5.41) is 2.53. The van der Waals surface area contributed by atoms with E-state index >= 15 is 0 Å². The number of amides is 2. The summed E-state index contributed by atoms with van der Waals surface area (Å²) in [5.74, 6) is -1.16. The van der Waals surface area contributed by atoms with Gasteiger partial charge in [0, 0.05) is 13.1 Å². The van der Waals surface area contributed by atoms with Gasteiger partial charge in [0.05, 0.1) is 22.5 Å². The van der Waals surface area contributed by atoms with E-state index in [1.807, 2.05) is 26.0 Å². The standard InChI is InChI=1S/C26H33ClF3N3O4S/c1-5-7-13-31-25(35)22(6-2)32(16-19-10-8-9-18(3)14-19)24(34)17-33(38(4,36)37)23-15-20(26(28,29)30)11-12-21(23)27/h8-12,14-15,22H,5-7,13,16-17H2,1-4H3,(H,31,35)/t22-/m0/s1. The van der Waals surface area contributed by atoms with Crippen molar-refractivity contribution in [2.45, 2.75) is 58.8 Å². The van der Waals surface area contributed by atoms with Crippen molar-refractivity contribution in [1.29, 1.82) is 0 Å². The Hall–Kier alpha value is -2.79. The van der Waals surface area contributed by atoms with Crippen molar-refractivity contribution >= 4 is 39.1 Å². The van der Waals surface area contributed by atoms with E-state index < -0.39 is 51.9 Å². The summed E-state index contributed by atoms with van der Waals surface area (Å²) in [6.07, 6.45) is -2.16. The maximum Gasteiger partial charge on any atom is 0.416 e. The lowest BCUT2D eigenvalue weighted by molar-refractivity contribution is -0.140. The van der Waals surface area contributed by atoms with E-state index in [0.29, 0.717) is 22.5 Å². The lowest BCUT2D eigenvalue weighted by Crippen LogP contribution is -2.52. The third-order valence-corrected chi connectivity index (χ3v) is 7.32. The van der Waals surface area contributed by atoms with Crippen LogP contribution in [0.4, 0.5) is 18.9 Å². The number of aryl methyl sites for hydroxylation is 1. The van der Waals surface area contributed by atoms with E-state index in [1.165, 1.54) is 4.90 Å². The Morgan fingerprint density at radius 1 is 1.11 bits per heavy atom. The zero-order chi connectivity index (χ0) is 28.7. The molecule has 0 aliphatic rings. The molecule has 12 heteroatoms. The number of alkyl halides is 3. The number of carbonyl (C=O) groups is 2. The molecule has 0 heterocycles. The van der Waals surface area contributed by atoms with E-state index in [9.17, 15) is 31.2 Å². The van der Waals surface area contributed by atoms with Crippen molar-refractivity contribution in [3.8, 4) is 0 Å². The Kier molecular flexibility index (Phi) is 11.0. The van der Waals surface area contributed by atoms with Crippen molar-refractivity contribution in [2.75, 3.05) is 23.7 Å². The van der Waals surface area contributed by atoms with E-state index in [0.717, 1.165) is 36.8 Å². The van der Waals surface area contributed by atoms with Crippen LogP contribution < -0.4 is 9.62 Å². The predicted molar refractivity (Wildman–Crippen MR) is 142 cm³/mol. The molecule has 0 spiro atoms. The quantitative estimate of drug-likeness (QED) is 0.354. The summed E-state index contributed by atoms with van der Waals surface area (Å²) >= 11 is 6.11. The topological polar surface area (TPSA) is 86.8 Å². The summed E-state index contributed by atoms with van der Waals surface area (Å²) in [7, 11) is -4.25. The summed E-state index contributed by atoms with van der Waals surface area (Å²) in [4.78, 5) is 28.0.